The molecule has 0 aliphatic rings. The van der Waals surface area contributed by atoms with E-state index in [1.807, 2.05) is 6.92 Å². The first-order chi connectivity index (χ1) is 9.20. The van der Waals surface area contributed by atoms with E-state index in [0.717, 1.165) is 10.6 Å². The lowest BCUT2D eigenvalue weighted by Crippen LogP contribution is -2.38. The normalized spacial score (nSPS) is 15.3. The smallest absolute Gasteiger partial charge is 0.313 e. The van der Waals surface area contributed by atoms with Crippen LogP contribution < -0.4 is 0 Å². The number of hydrogen-bond acceptors (Lipinski definition) is 6. The zero-order valence-corrected chi connectivity index (χ0v) is 12.7. The lowest BCUT2D eigenvalue weighted by Gasteiger charge is -2.23. The van der Waals surface area contributed by atoms with Gasteiger partial charge in [0.25, 0.3) is 0 Å². The van der Waals surface area contributed by atoms with Gasteiger partial charge in [-0.2, -0.15) is 17.8 Å². The van der Waals surface area contributed by atoms with Gasteiger partial charge in [0.2, 0.25) is 0 Å². The van der Waals surface area contributed by atoms with Crippen molar-refractivity contribution in [3.8, 4) is 0 Å². The maximum atomic E-state index is 12.1. The molecule has 20 heavy (non-hydrogen) atoms. The van der Waals surface area contributed by atoms with Crippen LogP contribution in [0.1, 0.15) is 19.4 Å². The Bertz CT molecular complexity index is 500. The molecule has 0 radical (unpaired) electrons. The third kappa shape index (κ3) is 5.56. The Balaban J connectivity index is 2.87. The first-order valence-electron chi connectivity index (χ1n) is 6.33. The molecule has 0 aromatic heterocycles. The van der Waals surface area contributed by atoms with Gasteiger partial charge in [0.05, 0.1) is 30.2 Å². The van der Waals surface area contributed by atoms with E-state index in [-0.39, 0.29) is 18.0 Å². The lowest BCUT2D eigenvalue weighted by molar-refractivity contribution is -0.0949. The summed E-state index contributed by atoms with van der Waals surface area (Å²) in [5, 5.41) is 19.7. The summed E-state index contributed by atoms with van der Waals surface area (Å²) in [6, 6.07) is 6.25. The second-order valence-corrected chi connectivity index (χ2v) is 6.42. The molecule has 114 valence electrons. The van der Waals surface area contributed by atoms with Crippen LogP contribution in [-0.2, 0) is 14.4 Å². The Labute approximate surface area is 119 Å². The standard InChI is InChI=1S/C13H21NO5S/c1-10-4-6-13(7-5-10)20(17,18)19-14(8-11(2)15)9-12(3)16/h4-7,11-12,15-16H,8-9H2,1-3H3. The molecule has 0 fully saturated rings. The summed E-state index contributed by atoms with van der Waals surface area (Å²) in [5.74, 6) is 0. The highest BCUT2D eigenvalue weighted by molar-refractivity contribution is 7.86. The second-order valence-electron chi connectivity index (χ2n) is 4.89. The molecule has 0 saturated heterocycles. The molecule has 2 N–H and O–H groups in total. The van der Waals surface area contributed by atoms with E-state index in [0.29, 0.717) is 0 Å². The van der Waals surface area contributed by atoms with Gasteiger partial charge < -0.3 is 10.2 Å². The fraction of sp³-hybridized carbons (Fsp3) is 0.538. The highest BCUT2D eigenvalue weighted by Crippen LogP contribution is 2.15. The molecule has 1 aromatic rings. The Morgan fingerprint density at radius 1 is 1.10 bits per heavy atom. The molecule has 0 bridgehead atoms. The third-order valence-electron chi connectivity index (χ3n) is 2.45. The molecule has 2 unspecified atom stereocenters. The summed E-state index contributed by atoms with van der Waals surface area (Å²) in [7, 11) is -3.96. The average Bonchev–Trinajstić information content (AvgIpc) is 2.26. The molecule has 0 aliphatic carbocycles. The number of benzene rings is 1. The summed E-state index contributed by atoms with van der Waals surface area (Å²) in [4.78, 5) is 0.0317. The number of aliphatic hydroxyl groups excluding tert-OH is 2. The van der Waals surface area contributed by atoms with Crippen molar-refractivity contribution in [2.45, 2.75) is 37.9 Å². The van der Waals surface area contributed by atoms with E-state index >= 15 is 0 Å². The van der Waals surface area contributed by atoms with Crippen LogP contribution in [0, 0.1) is 6.92 Å². The van der Waals surface area contributed by atoms with Crippen LogP contribution >= 0.6 is 0 Å². The topological polar surface area (TPSA) is 87.1 Å². The van der Waals surface area contributed by atoms with Crippen LogP contribution in [0.2, 0.25) is 0 Å². The summed E-state index contributed by atoms with van der Waals surface area (Å²) in [5.41, 5.74) is 0.939. The lowest BCUT2D eigenvalue weighted by atomic mass is 10.2. The zero-order chi connectivity index (χ0) is 15.3. The largest absolute Gasteiger partial charge is 0.392 e. The van der Waals surface area contributed by atoms with Crippen molar-refractivity contribution in [2.24, 2.45) is 0 Å². The summed E-state index contributed by atoms with van der Waals surface area (Å²) in [6.45, 7) is 4.84. The van der Waals surface area contributed by atoms with E-state index in [1.54, 1.807) is 12.1 Å². The molecule has 0 amide bonds. The SMILES string of the molecule is Cc1ccc(S(=O)(=O)ON(CC(C)O)CC(C)O)cc1. The fourth-order valence-electron chi connectivity index (χ4n) is 1.61. The number of hydroxylamine groups is 2. The molecule has 7 heteroatoms. The summed E-state index contributed by atoms with van der Waals surface area (Å²) >= 11 is 0. The number of nitrogens with zero attached hydrogens (tertiary/aromatic N) is 1. The molecule has 0 aliphatic heterocycles. The van der Waals surface area contributed by atoms with Crippen LogP contribution in [0.4, 0.5) is 0 Å². The maximum Gasteiger partial charge on any atom is 0.313 e. The molecule has 6 nitrogen and oxygen atoms in total. The van der Waals surface area contributed by atoms with E-state index in [4.69, 9.17) is 4.28 Å². The van der Waals surface area contributed by atoms with Crippen LogP contribution in [0.5, 0.6) is 0 Å². The maximum absolute atomic E-state index is 12.1. The number of aliphatic hydroxyl groups is 2. The molecule has 0 saturated carbocycles. The highest BCUT2D eigenvalue weighted by Gasteiger charge is 2.22. The molecule has 0 heterocycles. The number of rotatable bonds is 7. The number of aryl methyl sites for hydroxylation is 1. The molecular weight excluding hydrogens is 282 g/mol. The van der Waals surface area contributed by atoms with Gasteiger partial charge in [-0.15, -0.1) is 0 Å². The van der Waals surface area contributed by atoms with Crippen molar-refractivity contribution in [1.82, 2.24) is 5.06 Å². The first kappa shape index (κ1) is 17.1. The highest BCUT2D eigenvalue weighted by atomic mass is 32.2. The quantitative estimate of drug-likeness (QED) is 0.720. The molecular formula is C13H21NO5S. The number of hydrogen-bond donors (Lipinski definition) is 2. The van der Waals surface area contributed by atoms with Gasteiger partial charge in [-0.05, 0) is 32.9 Å². The molecule has 1 aromatic carbocycles. The minimum absolute atomic E-state index is 0.0179. The van der Waals surface area contributed by atoms with Gasteiger partial charge in [0.15, 0.2) is 0 Å². The van der Waals surface area contributed by atoms with Gasteiger partial charge in [-0.25, -0.2) is 0 Å². The minimum Gasteiger partial charge on any atom is -0.392 e. The van der Waals surface area contributed by atoms with Gasteiger partial charge in [-0.3, -0.25) is 0 Å². The Kier molecular flexibility index (Phi) is 6.09. The van der Waals surface area contributed by atoms with Crippen molar-refractivity contribution >= 4 is 10.1 Å². The minimum atomic E-state index is -3.96. The van der Waals surface area contributed by atoms with Crippen LogP contribution in [0.15, 0.2) is 29.2 Å². The van der Waals surface area contributed by atoms with Gasteiger partial charge in [0.1, 0.15) is 0 Å². The average molecular weight is 303 g/mol. The van der Waals surface area contributed by atoms with E-state index in [9.17, 15) is 18.6 Å². The molecule has 1 rings (SSSR count). The molecule has 0 spiro atoms. The van der Waals surface area contributed by atoms with Crippen molar-refractivity contribution in [3.63, 3.8) is 0 Å². The summed E-state index contributed by atoms with van der Waals surface area (Å²) in [6.07, 6.45) is -1.55. The van der Waals surface area contributed by atoms with Crippen molar-refractivity contribution in [3.05, 3.63) is 29.8 Å². The van der Waals surface area contributed by atoms with Crippen LogP contribution in [0.25, 0.3) is 0 Å². The predicted octanol–water partition coefficient (Wildman–Crippen LogP) is 0.679. The Morgan fingerprint density at radius 3 is 1.95 bits per heavy atom. The summed E-state index contributed by atoms with van der Waals surface area (Å²) < 4.78 is 29.2. The second kappa shape index (κ2) is 7.14. The Hall–Kier alpha value is -0.990. The monoisotopic (exact) mass is 303 g/mol. The van der Waals surface area contributed by atoms with Crippen LogP contribution in [-0.4, -0.2) is 49.0 Å². The zero-order valence-electron chi connectivity index (χ0n) is 11.9. The fourth-order valence-corrected chi connectivity index (χ4v) is 2.57. The third-order valence-corrected chi connectivity index (χ3v) is 3.71. The van der Waals surface area contributed by atoms with E-state index in [1.165, 1.54) is 26.0 Å². The predicted molar refractivity (Wildman–Crippen MR) is 74.4 cm³/mol. The first-order valence-corrected chi connectivity index (χ1v) is 7.74. The van der Waals surface area contributed by atoms with Crippen molar-refractivity contribution in [2.75, 3.05) is 13.1 Å². The Morgan fingerprint density at radius 2 is 1.55 bits per heavy atom. The van der Waals surface area contributed by atoms with Crippen molar-refractivity contribution in [1.29, 1.82) is 0 Å². The van der Waals surface area contributed by atoms with Gasteiger partial charge in [0, 0.05) is 0 Å². The van der Waals surface area contributed by atoms with E-state index < -0.39 is 22.3 Å². The van der Waals surface area contributed by atoms with E-state index in [2.05, 4.69) is 0 Å². The van der Waals surface area contributed by atoms with Gasteiger partial charge >= 0.3 is 10.1 Å². The van der Waals surface area contributed by atoms with Crippen molar-refractivity contribution < 1.29 is 22.9 Å². The van der Waals surface area contributed by atoms with Gasteiger partial charge in [-0.1, -0.05) is 17.7 Å². The molecule has 2 atom stereocenters. The van der Waals surface area contributed by atoms with Crippen LogP contribution in [0.3, 0.4) is 0 Å².